The zero-order chi connectivity index (χ0) is 24.5. The minimum atomic E-state index is -0.260. The Morgan fingerprint density at radius 1 is 0.889 bits per heavy atom. The molecule has 3 heterocycles. The van der Waals surface area contributed by atoms with Gasteiger partial charge >= 0.3 is 0 Å². The fraction of sp³-hybridized carbons (Fsp3) is 0.414. The number of anilines is 2. The quantitative estimate of drug-likeness (QED) is 0.294. The number of rotatable bonds is 6. The summed E-state index contributed by atoms with van der Waals surface area (Å²) >= 11 is 0. The fourth-order valence-electron chi connectivity index (χ4n) is 5.76. The van der Waals surface area contributed by atoms with Gasteiger partial charge in [-0.2, -0.15) is 5.10 Å². The van der Waals surface area contributed by atoms with Crippen molar-refractivity contribution >= 4 is 17.2 Å². The van der Waals surface area contributed by atoms with Crippen LogP contribution in [0.5, 0.6) is 0 Å². The summed E-state index contributed by atoms with van der Waals surface area (Å²) in [5, 5.41) is 12.3. The smallest absolute Gasteiger partial charge is 0.223 e. The second-order valence-electron chi connectivity index (χ2n) is 10.3. The van der Waals surface area contributed by atoms with Gasteiger partial charge in [-0.3, -0.25) is 0 Å². The highest BCUT2D eigenvalue weighted by atomic mass is 19.1. The van der Waals surface area contributed by atoms with Crippen LogP contribution in [-0.2, 0) is 0 Å². The molecule has 4 aromatic rings. The second-order valence-corrected chi connectivity index (χ2v) is 10.3. The summed E-state index contributed by atoms with van der Waals surface area (Å²) in [6.45, 7) is 2.08. The Hall–Kier alpha value is -3.48. The molecule has 0 radical (unpaired) electrons. The number of nitrogens with zero attached hydrogens (tertiary/aromatic N) is 4. The molecule has 6 rings (SSSR count). The number of hydrogen-bond donors (Lipinski definition) is 2. The summed E-state index contributed by atoms with van der Waals surface area (Å²) in [6, 6.07) is 13.8. The number of halogens is 1. The van der Waals surface area contributed by atoms with E-state index in [0.717, 1.165) is 52.3 Å². The predicted molar refractivity (Wildman–Crippen MR) is 147 cm³/mol. The molecule has 2 N–H and O–H groups in total. The van der Waals surface area contributed by atoms with Gasteiger partial charge in [-0.05, 0) is 75.1 Å². The van der Waals surface area contributed by atoms with E-state index >= 15 is 0 Å². The normalized spacial score (nSPS) is 17.1. The molecule has 0 amide bonds. The van der Waals surface area contributed by atoms with Gasteiger partial charge in [-0.25, -0.2) is 18.9 Å². The van der Waals surface area contributed by atoms with Crippen molar-refractivity contribution in [2.75, 3.05) is 10.6 Å². The number of nitrogens with one attached hydrogen (secondary N) is 2. The van der Waals surface area contributed by atoms with Gasteiger partial charge in [0, 0.05) is 38.1 Å². The fourth-order valence-corrected chi connectivity index (χ4v) is 5.76. The van der Waals surface area contributed by atoms with Gasteiger partial charge in [-0.1, -0.05) is 32.1 Å². The molecule has 0 unspecified atom stereocenters. The van der Waals surface area contributed by atoms with Crippen molar-refractivity contribution in [3.8, 4) is 22.5 Å². The van der Waals surface area contributed by atoms with Gasteiger partial charge in [-0.15, -0.1) is 0 Å². The predicted octanol–water partition coefficient (Wildman–Crippen LogP) is 7.50. The zero-order valence-electron chi connectivity index (χ0n) is 20.8. The standard InChI is InChI=1S/C29H33FN6.2H2/c1-19-17-24(32-22-7-3-2-4-8-22)18-26-27(28(35-36(19)26)20-11-13-21(30)14-12-20)25-15-16-31-29(34-25)33-23-9-5-6-10-23;;/h11-18,22-23,32H,2-10H2,1H3,(H,31,33,34);2*1H. The Labute approximate surface area is 214 Å². The van der Waals surface area contributed by atoms with Crippen LogP contribution in [0.25, 0.3) is 28.0 Å². The molecule has 6 nitrogen and oxygen atoms in total. The number of fused-ring (bicyclic) bond motifs is 1. The highest BCUT2D eigenvalue weighted by Gasteiger charge is 2.22. The lowest BCUT2D eigenvalue weighted by Gasteiger charge is -2.24. The van der Waals surface area contributed by atoms with Crippen LogP contribution in [0.1, 0.15) is 66.3 Å². The van der Waals surface area contributed by atoms with E-state index in [2.05, 4.69) is 34.7 Å². The molecular weight excluding hydrogens is 451 g/mol. The first-order chi connectivity index (χ1) is 17.6. The molecule has 1 aromatic carbocycles. The Morgan fingerprint density at radius 3 is 2.33 bits per heavy atom. The number of pyridine rings is 1. The maximum absolute atomic E-state index is 13.8. The lowest BCUT2D eigenvalue weighted by Crippen LogP contribution is -2.22. The molecule has 7 heteroatoms. The SMILES string of the molecule is Cc1cc(NC2CCCCC2)cc2c(-c3ccnc(NC4CCCC4)n3)c(-c3ccc(F)cc3)nn12.[HH].[HH]. The first-order valence-electron chi connectivity index (χ1n) is 13.3. The largest absolute Gasteiger partial charge is 0.382 e. The monoisotopic (exact) mass is 488 g/mol. The number of aryl methyl sites for hydroxylation is 1. The molecule has 36 heavy (non-hydrogen) atoms. The van der Waals surface area contributed by atoms with Crippen molar-refractivity contribution in [1.29, 1.82) is 0 Å². The van der Waals surface area contributed by atoms with Crippen molar-refractivity contribution in [1.82, 2.24) is 19.6 Å². The first-order valence-corrected chi connectivity index (χ1v) is 13.3. The van der Waals surface area contributed by atoms with Gasteiger partial charge in [0.2, 0.25) is 5.95 Å². The van der Waals surface area contributed by atoms with E-state index in [9.17, 15) is 4.39 Å². The highest BCUT2D eigenvalue weighted by molar-refractivity contribution is 5.92. The summed E-state index contributed by atoms with van der Waals surface area (Å²) in [5.41, 5.74) is 6.54. The molecule has 0 atom stereocenters. The summed E-state index contributed by atoms with van der Waals surface area (Å²) in [4.78, 5) is 9.45. The molecule has 2 fully saturated rings. The third kappa shape index (κ3) is 4.66. The van der Waals surface area contributed by atoms with Crippen molar-refractivity contribution in [3.05, 3.63) is 60.2 Å². The zero-order valence-corrected chi connectivity index (χ0v) is 20.8. The lowest BCUT2D eigenvalue weighted by atomic mass is 9.95. The number of benzene rings is 1. The number of hydrogen-bond acceptors (Lipinski definition) is 5. The van der Waals surface area contributed by atoms with E-state index in [-0.39, 0.29) is 8.67 Å². The van der Waals surface area contributed by atoms with Crippen molar-refractivity contribution in [2.24, 2.45) is 0 Å². The Kier molecular flexibility index (Phi) is 6.30. The van der Waals surface area contributed by atoms with Crippen LogP contribution in [0.4, 0.5) is 16.0 Å². The van der Waals surface area contributed by atoms with E-state index in [0.29, 0.717) is 18.0 Å². The van der Waals surface area contributed by atoms with Crippen LogP contribution in [0.15, 0.2) is 48.7 Å². The average molecular weight is 489 g/mol. The van der Waals surface area contributed by atoms with Crippen LogP contribution in [-0.4, -0.2) is 31.7 Å². The van der Waals surface area contributed by atoms with Crippen molar-refractivity contribution in [2.45, 2.75) is 76.8 Å². The first kappa shape index (κ1) is 23.0. The van der Waals surface area contributed by atoms with Crippen LogP contribution >= 0.6 is 0 Å². The van der Waals surface area contributed by atoms with Gasteiger partial charge < -0.3 is 10.6 Å². The van der Waals surface area contributed by atoms with E-state index in [4.69, 9.17) is 10.1 Å². The molecule has 2 saturated carbocycles. The molecule has 190 valence electrons. The molecule has 0 saturated heterocycles. The topological polar surface area (TPSA) is 67.1 Å². The third-order valence-corrected chi connectivity index (χ3v) is 7.61. The van der Waals surface area contributed by atoms with Crippen molar-refractivity contribution in [3.63, 3.8) is 0 Å². The summed E-state index contributed by atoms with van der Waals surface area (Å²) in [6.07, 6.45) is 12.9. The van der Waals surface area contributed by atoms with Gasteiger partial charge in [0.1, 0.15) is 11.5 Å². The second kappa shape index (κ2) is 9.88. The molecule has 2 aliphatic carbocycles. The minimum Gasteiger partial charge on any atom is -0.382 e. The maximum atomic E-state index is 13.8. The number of aromatic nitrogens is 4. The highest BCUT2D eigenvalue weighted by Crippen LogP contribution is 2.37. The molecule has 2 aliphatic rings. The summed E-state index contributed by atoms with van der Waals surface area (Å²) in [7, 11) is 0. The van der Waals surface area contributed by atoms with Gasteiger partial charge in [0.25, 0.3) is 0 Å². The van der Waals surface area contributed by atoms with Crippen LogP contribution < -0.4 is 10.6 Å². The third-order valence-electron chi connectivity index (χ3n) is 7.61. The maximum Gasteiger partial charge on any atom is 0.223 e. The van der Waals surface area contributed by atoms with E-state index in [1.807, 2.05) is 16.8 Å². The molecule has 0 spiro atoms. The van der Waals surface area contributed by atoms with Gasteiger partial charge in [0.05, 0.1) is 16.8 Å². The Balaban J connectivity index is 0.00000168. The van der Waals surface area contributed by atoms with Crippen LogP contribution in [0, 0.1) is 12.7 Å². The van der Waals surface area contributed by atoms with Crippen LogP contribution in [0.3, 0.4) is 0 Å². The Bertz CT molecular complexity index is 1360. The molecule has 3 aromatic heterocycles. The van der Waals surface area contributed by atoms with Gasteiger partial charge in [0.15, 0.2) is 0 Å². The minimum absolute atomic E-state index is 0. The van der Waals surface area contributed by atoms with E-state index < -0.39 is 0 Å². The molecule has 0 bridgehead atoms. The molecular formula is C29H37FN6. The molecule has 0 aliphatic heterocycles. The lowest BCUT2D eigenvalue weighted by molar-refractivity contribution is 0.462. The van der Waals surface area contributed by atoms with Crippen LogP contribution in [0.2, 0.25) is 0 Å². The summed E-state index contributed by atoms with van der Waals surface area (Å²) < 4.78 is 15.7. The Morgan fingerprint density at radius 2 is 1.58 bits per heavy atom. The van der Waals surface area contributed by atoms with E-state index in [1.54, 1.807) is 12.1 Å². The van der Waals surface area contributed by atoms with Crippen molar-refractivity contribution < 1.29 is 7.24 Å². The average Bonchev–Trinajstić information content (AvgIpc) is 3.54. The summed E-state index contributed by atoms with van der Waals surface area (Å²) in [5.74, 6) is 0.390. The van der Waals surface area contributed by atoms with E-state index in [1.165, 1.54) is 57.1 Å².